The van der Waals surface area contributed by atoms with Crippen molar-refractivity contribution < 1.29 is 9.53 Å². The van der Waals surface area contributed by atoms with Crippen LogP contribution in [-0.4, -0.2) is 24.6 Å². The van der Waals surface area contributed by atoms with Crippen LogP contribution < -0.4 is 5.32 Å². The molecule has 0 spiro atoms. The minimum absolute atomic E-state index is 0.392. The number of nitrogens with one attached hydrogen (secondary N) is 2. The summed E-state index contributed by atoms with van der Waals surface area (Å²) in [6, 6.07) is 7.45. The molecule has 2 N–H and O–H groups in total. The van der Waals surface area contributed by atoms with Crippen molar-refractivity contribution in [2.75, 3.05) is 19.0 Å². The predicted octanol–water partition coefficient (Wildman–Crippen LogP) is 3.55. The van der Waals surface area contributed by atoms with Gasteiger partial charge < -0.3 is 15.0 Å². The number of hydrogen-bond donors (Lipinski definition) is 2. The summed E-state index contributed by atoms with van der Waals surface area (Å²) < 4.78 is 4.76. The largest absolute Gasteiger partial charge is 0.464 e. The number of rotatable bonds is 4. The Hall–Kier alpha value is -1.94. The maximum Gasteiger partial charge on any atom is 0.356 e. The van der Waals surface area contributed by atoms with Crippen LogP contribution in [0.25, 0.3) is 11.1 Å². The van der Waals surface area contributed by atoms with Crippen molar-refractivity contribution in [2.45, 2.75) is 6.92 Å². The van der Waals surface area contributed by atoms with Gasteiger partial charge in [0.25, 0.3) is 0 Å². The van der Waals surface area contributed by atoms with E-state index in [4.69, 9.17) is 16.3 Å². The van der Waals surface area contributed by atoms with E-state index < -0.39 is 5.97 Å². The predicted molar refractivity (Wildman–Crippen MR) is 76.7 cm³/mol. The quantitative estimate of drug-likeness (QED) is 0.841. The molecule has 2 rings (SSSR count). The minimum atomic E-state index is -0.392. The number of hydrogen-bond acceptors (Lipinski definition) is 3. The highest BCUT2D eigenvalue weighted by Crippen LogP contribution is 2.32. The number of aromatic nitrogens is 1. The summed E-state index contributed by atoms with van der Waals surface area (Å²) in [5, 5.41) is 3.87. The second-order valence-corrected chi connectivity index (χ2v) is 4.42. The Morgan fingerprint density at radius 3 is 2.63 bits per heavy atom. The molecule has 0 unspecified atom stereocenters. The van der Waals surface area contributed by atoms with Gasteiger partial charge in [-0.25, -0.2) is 4.79 Å². The third-order valence-corrected chi connectivity index (χ3v) is 3.03. The lowest BCUT2D eigenvalue weighted by molar-refractivity contribution is 0.0596. The molecule has 0 bridgehead atoms. The van der Waals surface area contributed by atoms with Crippen molar-refractivity contribution in [3.8, 4) is 11.1 Å². The van der Waals surface area contributed by atoms with Gasteiger partial charge in [0.15, 0.2) is 0 Å². The van der Waals surface area contributed by atoms with Crippen LogP contribution in [0.2, 0.25) is 5.02 Å². The smallest absolute Gasteiger partial charge is 0.356 e. The first-order valence-corrected chi connectivity index (χ1v) is 6.34. The molecule has 5 heteroatoms. The Kier molecular flexibility index (Phi) is 4.12. The van der Waals surface area contributed by atoms with Gasteiger partial charge in [0.1, 0.15) is 5.69 Å². The number of methoxy groups -OCH3 is 1. The molecule has 19 heavy (non-hydrogen) atoms. The molecule has 2 aromatic rings. The molecule has 0 saturated heterocycles. The molecule has 0 saturated carbocycles. The van der Waals surface area contributed by atoms with Gasteiger partial charge >= 0.3 is 5.97 Å². The first-order valence-electron chi connectivity index (χ1n) is 5.96. The lowest BCUT2D eigenvalue weighted by atomic mass is 10.1. The number of ether oxygens (including phenoxy) is 1. The van der Waals surface area contributed by atoms with Gasteiger partial charge in [0, 0.05) is 23.3 Å². The fourth-order valence-corrected chi connectivity index (χ4v) is 2.03. The molecule has 0 amide bonds. The Morgan fingerprint density at radius 1 is 1.37 bits per heavy atom. The van der Waals surface area contributed by atoms with Crippen LogP contribution >= 0.6 is 11.6 Å². The SMILES string of the molecule is CCNc1c(-c2ccc(Cl)cc2)c[nH]c1C(=O)OC. The number of benzene rings is 1. The number of halogens is 1. The second-order valence-electron chi connectivity index (χ2n) is 3.98. The summed E-state index contributed by atoms with van der Waals surface area (Å²) in [5.41, 5.74) is 3.07. The van der Waals surface area contributed by atoms with Crippen molar-refractivity contribution in [2.24, 2.45) is 0 Å². The number of aromatic amines is 1. The van der Waals surface area contributed by atoms with Gasteiger partial charge in [0.05, 0.1) is 12.8 Å². The van der Waals surface area contributed by atoms with Crippen LogP contribution in [0, 0.1) is 0 Å². The maximum atomic E-state index is 11.7. The Labute approximate surface area is 116 Å². The van der Waals surface area contributed by atoms with Crippen molar-refractivity contribution in [1.82, 2.24) is 4.98 Å². The normalized spacial score (nSPS) is 10.3. The first kappa shape index (κ1) is 13.5. The van der Waals surface area contributed by atoms with E-state index >= 15 is 0 Å². The standard InChI is InChI=1S/C14H15ClN2O2/c1-3-16-12-11(8-17-13(12)14(18)19-2)9-4-6-10(15)7-5-9/h4-8,16-17H,3H2,1-2H3. The zero-order valence-corrected chi connectivity index (χ0v) is 11.5. The minimum Gasteiger partial charge on any atom is -0.464 e. The summed E-state index contributed by atoms with van der Waals surface area (Å²) >= 11 is 5.88. The molecule has 1 heterocycles. The molecular weight excluding hydrogens is 264 g/mol. The van der Waals surface area contributed by atoms with E-state index in [0.717, 1.165) is 16.8 Å². The molecule has 0 atom stereocenters. The lowest BCUT2D eigenvalue weighted by Crippen LogP contribution is -2.07. The number of H-pyrrole nitrogens is 1. The average molecular weight is 279 g/mol. The fourth-order valence-electron chi connectivity index (χ4n) is 1.90. The summed E-state index contributed by atoms with van der Waals surface area (Å²) in [7, 11) is 1.36. The summed E-state index contributed by atoms with van der Waals surface area (Å²) in [5.74, 6) is -0.392. The molecule has 1 aromatic carbocycles. The van der Waals surface area contributed by atoms with E-state index in [0.29, 0.717) is 17.3 Å². The molecule has 0 aliphatic heterocycles. The Bertz CT molecular complexity index is 576. The zero-order valence-electron chi connectivity index (χ0n) is 10.8. The van der Waals surface area contributed by atoms with Crippen LogP contribution in [0.5, 0.6) is 0 Å². The van der Waals surface area contributed by atoms with Crippen molar-refractivity contribution >= 4 is 23.3 Å². The van der Waals surface area contributed by atoms with E-state index in [2.05, 4.69) is 10.3 Å². The molecule has 0 aliphatic rings. The monoisotopic (exact) mass is 278 g/mol. The van der Waals surface area contributed by atoms with E-state index in [-0.39, 0.29) is 0 Å². The van der Waals surface area contributed by atoms with Gasteiger partial charge in [-0.1, -0.05) is 23.7 Å². The Morgan fingerprint density at radius 2 is 2.05 bits per heavy atom. The van der Waals surface area contributed by atoms with E-state index in [9.17, 15) is 4.79 Å². The number of anilines is 1. The molecule has 1 aromatic heterocycles. The van der Waals surface area contributed by atoms with Gasteiger partial charge in [-0.05, 0) is 24.6 Å². The van der Waals surface area contributed by atoms with Crippen LogP contribution in [0.1, 0.15) is 17.4 Å². The second kappa shape index (κ2) is 5.80. The van der Waals surface area contributed by atoms with Crippen LogP contribution in [-0.2, 0) is 4.74 Å². The van der Waals surface area contributed by atoms with Crippen molar-refractivity contribution in [3.63, 3.8) is 0 Å². The van der Waals surface area contributed by atoms with Gasteiger partial charge in [0.2, 0.25) is 0 Å². The third kappa shape index (κ3) is 2.74. The lowest BCUT2D eigenvalue weighted by Gasteiger charge is -2.08. The van der Waals surface area contributed by atoms with Crippen molar-refractivity contribution in [3.05, 3.63) is 41.2 Å². The molecule has 4 nitrogen and oxygen atoms in total. The molecule has 0 radical (unpaired) electrons. The van der Waals surface area contributed by atoms with Crippen molar-refractivity contribution in [1.29, 1.82) is 0 Å². The average Bonchev–Trinajstić information content (AvgIpc) is 2.83. The Balaban J connectivity index is 2.48. The van der Waals surface area contributed by atoms with E-state index in [1.165, 1.54) is 7.11 Å². The number of carbonyl (C=O) groups excluding carboxylic acids is 1. The van der Waals surface area contributed by atoms with Gasteiger partial charge in [-0.2, -0.15) is 0 Å². The molecule has 0 aliphatic carbocycles. The highest BCUT2D eigenvalue weighted by atomic mass is 35.5. The van der Waals surface area contributed by atoms with Gasteiger partial charge in [-0.15, -0.1) is 0 Å². The fraction of sp³-hybridized carbons (Fsp3) is 0.214. The van der Waals surface area contributed by atoms with E-state index in [1.54, 1.807) is 6.20 Å². The highest BCUT2D eigenvalue weighted by molar-refractivity contribution is 6.30. The van der Waals surface area contributed by atoms with Gasteiger partial charge in [-0.3, -0.25) is 0 Å². The van der Waals surface area contributed by atoms with Crippen LogP contribution in [0.3, 0.4) is 0 Å². The molecule has 0 fully saturated rings. The summed E-state index contributed by atoms with van der Waals surface area (Å²) in [6.45, 7) is 2.68. The highest BCUT2D eigenvalue weighted by Gasteiger charge is 2.18. The summed E-state index contributed by atoms with van der Waals surface area (Å²) in [4.78, 5) is 14.6. The topological polar surface area (TPSA) is 54.1 Å². The molecular formula is C14H15ClN2O2. The summed E-state index contributed by atoms with van der Waals surface area (Å²) in [6.07, 6.45) is 1.79. The molecule has 100 valence electrons. The zero-order chi connectivity index (χ0) is 13.8. The number of esters is 1. The van der Waals surface area contributed by atoms with Crippen LogP contribution in [0.4, 0.5) is 5.69 Å². The maximum absolute atomic E-state index is 11.7. The number of carbonyl (C=O) groups is 1. The van der Waals surface area contributed by atoms with Crippen LogP contribution in [0.15, 0.2) is 30.5 Å². The third-order valence-electron chi connectivity index (χ3n) is 2.78. The van der Waals surface area contributed by atoms with E-state index in [1.807, 2.05) is 31.2 Å². The first-order chi connectivity index (χ1) is 9.17.